The number of hydrazine groups is 1. The van der Waals surface area contributed by atoms with Gasteiger partial charge in [0.15, 0.2) is 0 Å². The van der Waals surface area contributed by atoms with Gasteiger partial charge < -0.3 is 0 Å². The van der Waals surface area contributed by atoms with Crippen LogP contribution in [0.1, 0.15) is 22.7 Å². The first-order valence-corrected chi connectivity index (χ1v) is 7.31. The van der Waals surface area contributed by atoms with Crippen LogP contribution in [-0.2, 0) is 6.42 Å². The van der Waals surface area contributed by atoms with Gasteiger partial charge in [-0.25, -0.2) is 0 Å². The number of rotatable bonds is 4. The summed E-state index contributed by atoms with van der Waals surface area (Å²) in [6, 6.07) is 11.1. The van der Waals surface area contributed by atoms with Gasteiger partial charge in [0, 0.05) is 15.1 Å². The highest BCUT2D eigenvalue weighted by molar-refractivity contribution is 6.33. The molecular formula is C15H15Cl3N2. The fourth-order valence-electron chi connectivity index (χ4n) is 2.18. The predicted octanol–water partition coefficient (Wildman–Crippen LogP) is 4.70. The molecular weight excluding hydrogens is 315 g/mol. The van der Waals surface area contributed by atoms with Gasteiger partial charge in [0.1, 0.15) is 0 Å². The van der Waals surface area contributed by atoms with Crippen LogP contribution in [0.25, 0.3) is 0 Å². The summed E-state index contributed by atoms with van der Waals surface area (Å²) in [5, 5.41) is 2.05. The molecule has 1 atom stereocenters. The molecule has 5 heteroatoms. The predicted molar refractivity (Wildman–Crippen MR) is 86.4 cm³/mol. The van der Waals surface area contributed by atoms with Crippen molar-refractivity contribution in [2.75, 3.05) is 0 Å². The van der Waals surface area contributed by atoms with E-state index in [1.54, 1.807) is 12.1 Å². The molecule has 0 aliphatic heterocycles. The van der Waals surface area contributed by atoms with Crippen molar-refractivity contribution in [1.29, 1.82) is 0 Å². The molecule has 0 radical (unpaired) electrons. The van der Waals surface area contributed by atoms with Crippen LogP contribution in [0.3, 0.4) is 0 Å². The van der Waals surface area contributed by atoms with E-state index in [9.17, 15) is 0 Å². The van der Waals surface area contributed by atoms with Crippen LogP contribution in [0.2, 0.25) is 15.1 Å². The molecule has 2 aromatic carbocycles. The first kappa shape index (κ1) is 15.6. The second-order valence-electron chi connectivity index (χ2n) is 4.61. The van der Waals surface area contributed by atoms with E-state index in [1.807, 2.05) is 31.2 Å². The van der Waals surface area contributed by atoms with Gasteiger partial charge in [-0.15, -0.1) is 0 Å². The van der Waals surface area contributed by atoms with Crippen molar-refractivity contribution in [3.05, 3.63) is 68.2 Å². The van der Waals surface area contributed by atoms with Gasteiger partial charge in [0.25, 0.3) is 0 Å². The molecule has 0 aliphatic carbocycles. The lowest BCUT2D eigenvalue weighted by Crippen LogP contribution is -2.30. The minimum atomic E-state index is -0.0790. The quantitative estimate of drug-likeness (QED) is 0.630. The number of hydrogen-bond donors (Lipinski definition) is 2. The molecule has 0 saturated heterocycles. The fraction of sp³-hybridized carbons (Fsp3) is 0.200. The van der Waals surface area contributed by atoms with Crippen LogP contribution >= 0.6 is 34.8 Å². The van der Waals surface area contributed by atoms with E-state index in [0.717, 1.165) is 21.7 Å². The van der Waals surface area contributed by atoms with Crippen molar-refractivity contribution in [3.8, 4) is 0 Å². The Morgan fingerprint density at radius 2 is 1.85 bits per heavy atom. The lowest BCUT2D eigenvalue weighted by atomic mass is 9.96. The van der Waals surface area contributed by atoms with Gasteiger partial charge in [-0.05, 0) is 54.3 Å². The number of nitrogens with one attached hydrogen (secondary N) is 1. The van der Waals surface area contributed by atoms with E-state index in [4.69, 9.17) is 40.6 Å². The maximum atomic E-state index is 6.20. The summed E-state index contributed by atoms with van der Waals surface area (Å²) >= 11 is 18.4. The lowest BCUT2D eigenvalue weighted by molar-refractivity contribution is 0.549. The Labute approximate surface area is 133 Å². The highest BCUT2D eigenvalue weighted by Gasteiger charge is 2.16. The van der Waals surface area contributed by atoms with Crippen molar-refractivity contribution in [2.45, 2.75) is 19.4 Å². The largest absolute Gasteiger partial charge is 0.271 e. The zero-order valence-electron chi connectivity index (χ0n) is 11.0. The summed E-state index contributed by atoms with van der Waals surface area (Å²) in [6.45, 7) is 1.97. The molecule has 106 valence electrons. The SMILES string of the molecule is Cc1c(Cl)cccc1C(Cc1cc(Cl)ccc1Cl)NN. The van der Waals surface area contributed by atoms with Crippen molar-refractivity contribution in [1.82, 2.24) is 5.43 Å². The topological polar surface area (TPSA) is 38.0 Å². The number of halogens is 3. The van der Waals surface area contributed by atoms with Crippen LogP contribution in [0.15, 0.2) is 36.4 Å². The van der Waals surface area contributed by atoms with Gasteiger partial charge in [-0.2, -0.15) is 0 Å². The monoisotopic (exact) mass is 328 g/mol. The van der Waals surface area contributed by atoms with E-state index in [1.165, 1.54) is 0 Å². The van der Waals surface area contributed by atoms with Crippen molar-refractivity contribution >= 4 is 34.8 Å². The molecule has 20 heavy (non-hydrogen) atoms. The van der Waals surface area contributed by atoms with Crippen LogP contribution < -0.4 is 11.3 Å². The minimum absolute atomic E-state index is 0.0790. The van der Waals surface area contributed by atoms with Crippen LogP contribution in [0.5, 0.6) is 0 Å². The number of benzene rings is 2. The van der Waals surface area contributed by atoms with Gasteiger partial charge in [0.2, 0.25) is 0 Å². The molecule has 0 saturated carbocycles. The third-order valence-corrected chi connectivity index (χ3v) is 4.33. The highest BCUT2D eigenvalue weighted by atomic mass is 35.5. The van der Waals surface area contributed by atoms with Crippen LogP contribution in [0, 0.1) is 6.92 Å². The molecule has 2 aromatic rings. The highest BCUT2D eigenvalue weighted by Crippen LogP contribution is 2.29. The van der Waals surface area contributed by atoms with Gasteiger partial charge in [-0.1, -0.05) is 46.9 Å². The maximum absolute atomic E-state index is 6.20. The summed E-state index contributed by atoms with van der Waals surface area (Å²) in [5.74, 6) is 5.69. The minimum Gasteiger partial charge on any atom is -0.271 e. The molecule has 0 aromatic heterocycles. The second-order valence-corrected chi connectivity index (χ2v) is 5.86. The van der Waals surface area contributed by atoms with E-state index in [2.05, 4.69) is 5.43 Å². The summed E-state index contributed by atoms with van der Waals surface area (Å²) in [5.41, 5.74) is 5.83. The molecule has 0 amide bonds. The molecule has 0 spiro atoms. The summed E-state index contributed by atoms with van der Waals surface area (Å²) in [7, 11) is 0. The zero-order chi connectivity index (χ0) is 14.7. The Morgan fingerprint density at radius 1 is 1.10 bits per heavy atom. The second kappa shape index (κ2) is 6.79. The summed E-state index contributed by atoms with van der Waals surface area (Å²) < 4.78 is 0. The normalized spacial score (nSPS) is 12.4. The standard InChI is InChI=1S/C15H15Cl3N2/c1-9-12(3-2-4-13(9)17)15(20-19)8-10-7-11(16)5-6-14(10)18/h2-7,15,20H,8,19H2,1H3. The van der Waals surface area contributed by atoms with E-state index in [0.29, 0.717) is 16.5 Å². The van der Waals surface area contributed by atoms with E-state index < -0.39 is 0 Å². The Morgan fingerprint density at radius 3 is 2.55 bits per heavy atom. The molecule has 0 bridgehead atoms. The lowest BCUT2D eigenvalue weighted by Gasteiger charge is -2.20. The Kier molecular flexibility index (Phi) is 5.30. The van der Waals surface area contributed by atoms with Crippen molar-refractivity contribution in [2.24, 2.45) is 5.84 Å². The Bertz CT molecular complexity index is 614. The first-order valence-electron chi connectivity index (χ1n) is 6.18. The molecule has 3 N–H and O–H groups in total. The molecule has 2 nitrogen and oxygen atoms in total. The zero-order valence-corrected chi connectivity index (χ0v) is 13.2. The van der Waals surface area contributed by atoms with E-state index >= 15 is 0 Å². The smallest absolute Gasteiger partial charge is 0.0503 e. The molecule has 1 unspecified atom stereocenters. The Balaban J connectivity index is 2.34. The molecule has 2 rings (SSSR count). The van der Waals surface area contributed by atoms with Crippen molar-refractivity contribution < 1.29 is 0 Å². The van der Waals surface area contributed by atoms with Crippen LogP contribution in [-0.4, -0.2) is 0 Å². The Hall–Kier alpha value is -0.770. The van der Waals surface area contributed by atoms with Gasteiger partial charge in [-0.3, -0.25) is 11.3 Å². The third kappa shape index (κ3) is 3.46. The van der Waals surface area contributed by atoms with Gasteiger partial charge >= 0.3 is 0 Å². The van der Waals surface area contributed by atoms with E-state index in [-0.39, 0.29) is 6.04 Å². The summed E-state index contributed by atoms with van der Waals surface area (Å²) in [6.07, 6.45) is 0.636. The number of nitrogens with two attached hydrogens (primary N) is 1. The van der Waals surface area contributed by atoms with Gasteiger partial charge in [0.05, 0.1) is 6.04 Å². The molecule has 0 fully saturated rings. The molecule has 0 heterocycles. The fourth-order valence-corrected chi connectivity index (χ4v) is 2.75. The molecule has 0 aliphatic rings. The van der Waals surface area contributed by atoms with Crippen LogP contribution in [0.4, 0.5) is 0 Å². The first-order chi connectivity index (χ1) is 9.52. The maximum Gasteiger partial charge on any atom is 0.0503 e. The summed E-state index contributed by atoms with van der Waals surface area (Å²) in [4.78, 5) is 0. The average Bonchev–Trinajstić information content (AvgIpc) is 2.43. The third-order valence-electron chi connectivity index (χ3n) is 3.32. The average molecular weight is 330 g/mol. The number of hydrogen-bond acceptors (Lipinski definition) is 2. The van der Waals surface area contributed by atoms with Crippen molar-refractivity contribution in [3.63, 3.8) is 0 Å².